The normalized spacial score (nSPS) is 16.7. The zero-order valence-electron chi connectivity index (χ0n) is 16.4. The van der Waals surface area contributed by atoms with Crippen LogP contribution >= 0.6 is 11.6 Å². The fraction of sp³-hybridized carbons (Fsp3) is 0.435. The van der Waals surface area contributed by atoms with Crippen molar-refractivity contribution in [2.24, 2.45) is 0 Å². The van der Waals surface area contributed by atoms with Crippen molar-refractivity contribution in [2.45, 2.75) is 37.1 Å². The van der Waals surface area contributed by atoms with E-state index in [2.05, 4.69) is 17.0 Å². The first-order chi connectivity index (χ1) is 13.5. The van der Waals surface area contributed by atoms with Gasteiger partial charge in [0.15, 0.2) is 0 Å². The molecule has 1 unspecified atom stereocenters. The van der Waals surface area contributed by atoms with Crippen molar-refractivity contribution < 1.29 is 9.18 Å². The van der Waals surface area contributed by atoms with Crippen LogP contribution in [0.25, 0.3) is 0 Å². The summed E-state index contributed by atoms with van der Waals surface area (Å²) in [5, 5.41) is 0.0406. The summed E-state index contributed by atoms with van der Waals surface area (Å²) in [4.78, 5) is 16.9. The van der Waals surface area contributed by atoms with Gasteiger partial charge < -0.3 is 9.80 Å². The molecule has 2 aromatic carbocycles. The van der Waals surface area contributed by atoms with E-state index in [0.29, 0.717) is 6.42 Å². The molecule has 2 aromatic rings. The van der Waals surface area contributed by atoms with Crippen LogP contribution in [0.4, 0.5) is 4.39 Å². The highest BCUT2D eigenvalue weighted by Gasteiger charge is 2.25. The zero-order valence-corrected chi connectivity index (χ0v) is 17.1. The number of nitrogens with zero attached hydrogens (tertiary/aromatic N) is 2. The molecule has 0 aromatic heterocycles. The predicted octanol–water partition coefficient (Wildman–Crippen LogP) is 4.66. The van der Waals surface area contributed by atoms with Crippen molar-refractivity contribution in [1.29, 1.82) is 0 Å². The molecule has 3 nitrogen and oxygen atoms in total. The van der Waals surface area contributed by atoms with Gasteiger partial charge in [-0.15, -0.1) is 11.6 Å². The SMILES string of the molecule is CN(C(=O)Cc1ccc(F)cc1)C1CCN(CCC(Cl)c2ccccc2)CC1. The second-order valence-electron chi connectivity index (χ2n) is 7.55. The number of halogens is 2. The Morgan fingerprint density at radius 1 is 1.14 bits per heavy atom. The van der Waals surface area contributed by atoms with Crippen molar-refractivity contribution in [1.82, 2.24) is 9.80 Å². The minimum Gasteiger partial charge on any atom is -0.342 e. The molecular formula is C23H28ClFN2O. The molecule has 1 fully saturated rings. The first-order valence-electron chi connectivity index (χ1n) is 9.94. The summed E-state index contributed by atoms with van der Waals surface area (Å²) in [5.74, 6) is -0.182. The van der Waals surface area contributed by atoms with Crippen LogP contribution in [-0.2, 0) is 11.2 Å². The van der Waals surface area contributed by atoms with Crippen LogP contribution in [0.1, 0.15) is 35.8 Å². The van der Waals surface area contributed by atoms with Gasteiger partial charge in [0.1, 0.15) is 5.82 Å². The minimum atomic E-state index is -0.275. The zero-order chi connectivity index (χ0) is 19.9. The van der Waals surface area contributed by atoms with Gasteiger partial charge in [0.25, 0.3) is 0 Å². The number of amides is 1. The lowest BCUT2D eigenvalue weighted by Crippen LogP contribution is -2.46. The van der Waals surface area contributed by atoms with Gasteiger partial charge in [-0.1, -0.05) is 42.5 Å². The van der Waals surface area contributed by atoms with Gasteiger partial charge in [-0.3, -0.25) is 4.79 Å². The standard InChI is InChI=1S/C23H28ClFN2O/c1-26(23(28)17-18-7-9-20(25)10-8-18)21-11-14-27(15-12-21)16-13-22(24)19-5-3-2-4-6-19/h2-10,21-22H,11-17H2,1H3. The molecule has 5 heteroatoms. The smallest absolute Gasteiger partial charge is 0.226 e. The summed E-state index contributed by atoms with van der Waals surface area (Å²) in [5.41, 5.74) is 2.02. The first kappa shape index (κ1) is 20.8. The van der Waals surface area contributed by atoms with Crippen LogP contribution in [0, 0.1) is 5.82 Å². The molecule has 0 saturated carbocycles. The van der Waals surface area contributed by atoms with Gasteiger partial charge in [-0.25, -0.2) is 4.39 Å². The largest absolute Gasteiger partial charge is 0.342 e. The average Bonchev–Trinajstić information content (AvgIpc) is 2.74. The lowest BCUT2D eigenvalue weighted by Gasteiger charge is -2.37. The van der Waals surface area contributed by atoms with Gasteiger partial charge >= 0.3 is 0 Å². The van der Waals surface area contributed by atoms with Crippen LogP contribution in [-0.4, -0.2) is 48.4 Å². The van der Waals surface area contributed by atoms with Crippen molar-refractivity contribution >= 4 is 17.5 Å². The molecule has 1 aliphatic rings. The number of carbonyl (C=O) groups excluding carboxylic acids is 1. The highest BCUT2D eigenvalue weighted by atomic mass is 35.5. The molecule has 0 spiro atoms. The second kappa shape index (κ2) is 10.0. The third-order valence-electron chi connectivity index (χ3n) is 5.63. The van der Waals surface area contributed by atoms with Gasteiger partial charge in [-0.05, 0) is 49.1 Å². The quantitative estimate of drug-likeness (QED) is 0.629. The molecule has 1 heterocycles. The van der Waals surface area contributed by atoms with Crippen LogP contribution in [0.15, 0.2) is 54.6 Å². The van der Waals surface area contributed by atoms with Gasteiger partial charge in [-0.2, -0.15) is 0 Å². The third-order valence-corrected chi connectivity index (χ3v) is 6.10. The number of benzene rings is 2. The van der Waals surface area contributed by atoms with Crippen molar-refractivity contribution in [3.8, 4) is 0 Å². The molecule has 1 amide bonds. The summed E-state index contributed by atoms with van der Waals surface area (Å²) in [6.07, 6.45) is 3.20. The van der Waals surface area contributed by atoms with E-state index in [4.69, 9.17) is 11.6 Å². The topological polar surface area (TPSA) is 23.6 Å². The summed E-state index contributed by atoms with van der Waals surface area (Å²) in [6.45, 7) is 2.94. The molecule has 1 saturated heterocycles. The van der Waals surface area contributed by atoms with Gasteiger partial charge in [0.05, 0.1) is 11.8 Å². The second-order valence-corrected chi connectivity index (χ2v) is 8.07. The van der Waals surface area contributed by atoms with E-state index in [-0.39, 0.29) is 23.1 Å². The Hall–Kier alpha value is -1.91. The molecule has 0 aliphatic carbocycles. The van der Waals surface area contributed by atoms with E-state index in [1.54, 1.807) is 12.1 Å². The molecule has 1 atom stereocenters. The maximum atomic E-state index is 13.0. The van der Waals surface area contributed by atoms with E-state index in [9.17, 15) is 9.18 Å². The van der Waals surface area contributed by atoms with E-state index in [1.807, 2.05) is 30.1 Å². The van der Waals surface area contributed by atoms with Crippen molar-refractivity contribution in [3.05, 3.63) is 71.5 Å². The average molecular weight is 403 g/mol. The van der Waals surface area contributed by atoms with Crippen LogP contribution in [0.3, 0.4) is 0 Å². The number of alkyl halides is 1. The Bertz CT molecular complexity index is 745. The molecule has 3 rings (SSSR count). The minimum absolute atomic E-state index is 0.0406. The Balaban J connectivity index is 1.41. The van der Waals surface area contributed by atoms with Crippen LogP contribution in [0.5, 0.6) is 0 Å². The maximum absolute atomic E-state index is 13.0. The summed E-state index contributed by atoms with van der Waals surface area (Å²) < 4.78 is 13.0. The molecule has 0 bridgehead atoms. The third kappa shape index (κ3) is 5.79. The molecule has 0 radical (unpaired) electrons. The van der Waals surface area contributed by atoms with Crippen molar-refractivity contribution in [3.63, 3.8) is 0 Å². The number of likely N-dealkylation sites (tertiary alicyclic amines) is 1. The van der Waals surface area contributed by atoms with Gasteiger partial charge in [0, 0.05) is 26.2 Å². The Morgan fingerprint density at radius 2 is 1.79 bits per heavy atom. The lowest BCUT2D eigenvalue weighted by atomic mass is 10.0. The molecule has 0 N–H and O–H groups in total. The summed E-state index contributed by atoms with van der Waals surface area (Å²) in [7, 11) is 1.89. The van der Waals surface area contributed by atoms with E-state index in [0.717, 1.165) is 44.5 Å². The van der Waals surface area contributed by atoms with E-state index in [1.165, 1.54) is 17.7 Å². The fourth-order valence-corrected chi connectivity index (χ4v) is 4.00. The molecular weight excluding hydrogens is 375 g/mol. The highest BCUT2D eigenvalue weighted by molar-refractivity contribution is 6.20. The molecule has 28 heavy (non-hydrogen) atoms. The van der Waals surface area contributed by atoms with Crippen molar-refractivity contribution in [2.75, 3.05) is 26.7 Å². The predicted molar refractivity (Wildman–Crippen MR) is 112 cm³/mol. The Labute approximate surface area is 172 Å². The van der Waals surface area contributed by atoms with Crippen LogP contribution in [0.2, 0.25) is 0 Å². The lowest BCUT2D eigenvalue weighted by molar-refractivity contribution is -0.132. The fourth-order valence-electron chi connectivity index (χ4n) is 3.76. The van der Waals surface area contributed by atoms with Gasteiger partial charge in [0.2, 0.25) is 5.91 Å². The Morgan fingerprint density at radius 3 is 2.43 bits per heavy atom. The number of piperidine rings is 1. The first-order valence-corrected chi connectivity index (χ1v) is 10.4. The van der Waals surface area contributed by atoms with Crippen LogP contribution < -0.4 is 0 Å². The number of likely N-dealkylation sites (N-methyl/N-ethyl adjacent to an activating group) is 1. The van der Waals surface area contributed by atoms with E-state index >= 15 is 0 Å². The molecule has 1 aliphatic heterocycles. The highest BCUT2D eigenvalue weighted by Crippen LogP contribution is 2.25. The Kier molecular flexibility index (Phi) is 7.46. The maximum Gasteiger partial charge on any atom is 0.226 e. The molecule has 150 valence electrons. The monoisotopic (exact) mass is 402 g/mol. The number of rotatable bonds is 7. The number of hydrogen-bond acceptors (Lipinski definition) is 2. The summed E-state index contributed by atoms with van der Waals surface area (Å²) >= 11 is 6.53. The number of hydrogen-bond donors (Lipinski definition) is 0. The van der Waals surface area contributed by atoms with E-state index < -0.39 is 0 Å². The summed E-state index contributed by atoms with van der Waals surface area (Å²) in [6, 6.07) is 16.6. The number of carbonyl (C=O) groups is 1.